The first-order chi connectivity index (χ1) is 5.68. The summed E-state index contributed by atoms with van der Waals surface area (Å²) in [4.78, 5) is 0. The Balaban J connectivity index is 2.93. The molecule has 0 aliphatic heterocycles. The van der Waals surface area contributed by atoms with Crippen molar-refractivity contribution in [2.75, 3.05) is 0 Å². The summed E-state index contributed by atoms with van der Waals surface area (Å²) < 4.78 is 14.9. The molecule has 2 heterocycles. The van der Waals surface area contributed by atoms with E-state index in [1.54, 1.807) is 6.07 Å². The van der Waals surface area contributed by atoms with Crippen molar-refractivity contribution in [3.63, 3.8) is 0 Å². The fourth-order valence-electron chi connectivity index (χ4n) is 0.983. The van der Waals surface area contributed by atoms with Gasteiger partial charge < -0.3 is 0 Å². The number of aromatic nitrogens is 2. The molecule has 0 radical (unpaired) electrons. The molecule has 0 unspecified atom stereocenters. The summed E-state index contributed by atoms with van der Waals surface area (Å²) in [6.45, 7) is 0. The first kappa shape index (κ1) is 8.01. The highest BCUT2D eigenvalue weighted by Crippen LogP contribution is 2.19. The Labute approximate surface area is 81.1 Å². The van der Waals surface area contributed by atoms with Gasteiger partial charge in [0, 0.05) is 6.07 Å². The van der Waals surface area contributed by atoms with Gasteiger partial charge >= 0.3 is 0 Å². The number of hydrogen-bond acceptors (Lipinski definition) is 1. The average molecular weight is 249 g/mol. The second-order valence-corrected chi connectivity index (χ2v) is 3.47. The van der Waals surface area contributed by atoms with E-state index in [9.17, 15) is 4.39 Å². The Morgan fingerprint density at radius 2 is 2.25 bits per heavy atom. The standard InChI is InChI=1S/C7H3BrClFN2/c8-6-3-5-4(10)1-2-7(9)12(5)11-6/h1-3H. The molecule has 0 fully saturated rings. The van der Waals surface area contributed by atoms with E-state index in [0.29, 0.717) is 15.3 Å². The van der Waals surface area contributed by atoms with Crippen LogP contribution in [0.4, 0.5) is 4.39 Å². The second kappa shape index (κ2) is 2.71. The van der Waals surface area contributed by atoms with E-state index in [1.807, 2.05) is 0 Å². The molecule has 2 aromatic rings. The van der Waals surface area contributed by atoms with Gasteiger partial charge in [-0.2, -0.15) is 5.10 Å². The van der Waals surface area contributed by atoms with Crippen LogP contribution in [0.15, 0.2) is 22.8 Å². The molecule has 0 N–H and O–H groups in total. The molecule has 0 aromatic carbocycles. The van der Waals surface area contributed by atoms with Gasteiger partial charge in [-0.15, -0.1) is 0 Å². The van der Waals surface area contributed by atoms with Gasteiger partial charge in [-0.1, -0.05) is 11.6 Å². The summed E-state index contributed by atoms with van der Waals surface area (Å²) in [6, 6.07) is 4.34. The Morgan fingerprint density at radius 3 is 2.92 bits per heavy atom. The predicted octanol–water partition coefficient (Wildman–Crippen LogP) is 2.89. The molecule has 12 heavy (non-hydrogen) atoms. The monoisotopic (exact) mass is 248 g/mol. The number of hydrogen-bond donors (Lipinski definition) is 0. The van der Waals surface area contributed by atoms with Crippen molar-refractivity contribution in [2.24, 2.45) is 0 Å². The summed E-state index contributed by atoms with van der Waals surface area (Å²) in [5.41, 5.74) is 0.370. The predicted molar refractivity (Wildman–Crippen MR) is 47.9 cm³/mol. The lowest BCUT2D eigenvalue weighted by molar-refractivity contribution is 0.630. The van der Waals surface area contributed by atoms with Crippen molar-refractivity contribution in [3.8, 4) is 0 Å². The molecule has 0 aliphatic carbocycles. The third-order valence-electron chi connectivity index (χ3n) is 1.49. The molecule has 2 rings (SSSR count). The fourth-order valence-corrected chi connectivity index (χ4v) is 1.55. The third-order valence-corrected chi connectivity index (χ3v) is 2.17. The summed E-state index contributed by atoms with van der Waals surface area (Å²) in [6.07, 6.45) is 0. The molecule has 2 nitrogen and oxygen atoms in total. The van der Waals surface area contributed by atoms with Gasteiger partial charge in [-0.05, 0) is 28.1 Å². The van der Waals surface area contributed by atoms with Gasteiger partial charge in [0.15, 0.2) is 0 Å². The molecule has 62 valence electrons. The molecule has 0 atom stereocenters. The molecule has 2 aromatic heterocycles. The quantitative estimate of drug-likeness (QED) is 0.656. The molecule has 0 aliphatic rings. The molecular weight excluding hydrogens is 246 g/mol. The molecule has 0 amide bonds. The first-order valence-electron chi connectivity index (χ1n) is 3.18. The Kier molecular flexibility index (Phi) is 1.81. The maximum Gasteiger partial charge on any atom is 0.149 e. The Bertz CT molecular complexity index is 401. The molecule has 0 saturated heterocycles. The number of pyridine rings is 1. The van der Waals surface area contributed by atoms with E-state index >= 15 is 0 Å². The van der Waals surface area contributed by atoms with E-state index in [0.717, 1.165) is 0 Å². The highest BCUT2D eigenvalue weighted by atomic mass is 79.9. The minimum absolute atomic E-state index is 0.336. The van der Waals surface area contributed by atoms with Crippen LogP contribution in [0.1, 0.15) is 0 Å². The minimum Gasteiger partial charge on any atom is -0.218 e. The van der Waals surface area contributed by atoms with E-state index in [4.69, 9.17) is 11.6 Å². The lowest BCUT2D eigenvalue weighted by Crippen LogP contribution is -1.90. The smallest absolute Gasteiger partial charge is 0.149 e. The van der Waals surface area contributed by atoms with Crippen molar-refractivity contribution < 1.29 is 4.39 Å². The van der Waals surface area contributed by atoms with Gasteiger partial charge in [0.05, 0.1) is 0 Å². The van der Waals surface area contributed by atoms with E-state index in [1.165, 1.54) is 16.6 Å². The summed E-state index contributed by atoms with van der Waals surface area (Å²) >= 11 is 8.89. The number of halogens is 3. The largest absolute Gasteiger partial charge is 0.218 e. The first-order valence-corrected chi connectivity index (χ1v) is 4.35. The Hall–Kier alpha value is -0.610. The van der Waals surface area contributed by atoms with Crippen molar-refractivity contribution >= 4 is 33.0 Å². The van der Waals surface area contributed by atoms with E-state index < -0.39 is 0 Å². The topological polar surface area (TPSA) is 17.3 Å². The molecule has 0 spiro atoms. The average Bonchev–Trinajstić information content (AvgIpc) is 2.41. The zero-order valence-electron chi connectivity index (χ0n) is 5.76. The minimum atomic E-state index is -0.336. The zero-order valence-corrected chi connectivity index (χ0v) is 8.10. The third kappa shape index (κ3) is 1.11. The van der Waals surface area contributed by atoms with Crippen LogP contribution in [0.5, 0.6) is 0 Å². The SMILES string of the molecule is Fc1ccc(Cl)n2nc(Br)cc12. The lowest BCUT2D eigenvalue weighted by Gasteiger charge is -1.95. The van der Waals surface area contributed by atoms with Gasteiger partial charge in [0.2, 0.25) is 0 Å². The summed E-state index contributed by atoms with van der Waals surface area (Å²) in [5.74, 6) is -0.336. The molecular formula is C7H3BrClFN2. The van der Waals surface area contributed by atoms with Crippen LogP contribution >= 0.6 is 27.5 Å². The fraction of sp³-hybridized carbons (Fsp3) is 0. The van der Waals surface area contributed by atoms with Crippen molar-refractivity contribution in [1.82, 2.24) is 9.61 Å². The van der Waals surface area contributed by atoms with Crippen LogP contribution in [0, 0.1) is 5.82 Å². The van der Waals surface area contributed by atoms with Gasteiger partial charge in [-0.3, -0.25) is 0 Å². The highest BCUT2D eigenvalue weighted by Gasteiger charge is 2.06. The maximum absolute atomic E-state index is 13.0. The van der Waals surface area contributed by atoms with Crippen molar-refractivity contribution in [3.05, 3.63) is 33.8 Å². The maximum atomic E-state index is 13.0. The van der Waals surface area contributed by atoms with Gasteiger partial charge in [0.25, 0.3) is 0 Å². The summed E-state index contributed by atoms with van der Waals surface area (Å²) in [5, 5.41) is 4.32. The van der Waals surface area contributed by atoms with Crippen LogP contribution < -0.4 is 0 Å². The molecule has 0 bridgehead atoms. The van der Waals surface area contributed by atoms with Crippen LogP contribution in [0.2, 0.25) is 5.15 Å². The number of fused-ring (bicyclic) bond motifs is 1. The highest BCUT2D eigenvalue weighted by molar-refractivity contribution is 9.10. The van der Waals surface area contributed by atoms with Crippen LogP contribution in [-0.4, -0.2) is 9.61 Å². The van der Waals surface area contributed by atoms with E-state index in [-0.39, 0.29) is 5.82 Å². The van der Waals surface area contributed by atoms with Gasteiger partial charge in [0.1, 0.15) is 21.1 Å². The second-order valence-electron chi connectivity index (χ2n) is 2.27. The number of nitrogens with zero attached hydrogens (tertiary/aromatic N) is 2. The molecule has 5 heteroatoms. The Morgan fingerprint density at radius 1 is 1.50 bits per heavy atom. The summed E-state index contributed by atoms with van der Waals surface area (Å²) in [7, 11) is 0. The number of rotatable bonds is 0. The molecule has 0 saturated carbocycles. The lowest BCUT2D eigenvalue weighted by atomic mass is 10.4. The van der Waals surface area contributed by atoms with Crippen LogP contribution in [0.25, 0.3) is 5.52 Å². The van der Waals surface area contributed by atoms with Crippen molar-refractivity contribution in [2.45, 2.75) is 0 Å². The van der Waals surface area contributed by atoms with Crippen LogP contribution in [0.3, 0.4) is 0 Å². The van der Waals surface area contributed by atoms with E-state index in [2.05, 4.69) is 21.0 Å². The van der Waals surface area contributed by atoms with Crippen LogP contribution in [-0.2, 0) is 0 Å². The van der Waals surface area contributed by atoms with Gasteiger partial charge in [-0.25, -0.2) is 8.91 Å². The zero-order chi connectivity index (χ0) is 8.72. The van der Waals surface area contributed by atoms with Crippen molar-refractivity contribution in [1.29, 1.82) is 0 Å². The normalized spacial score (nSPS) is 10.9.